The van der Waals surface area contributed by atoms with Crippen LogP contribution in [0.2, 0.25) is 0 Å². The first-order chi connectivity index (χ1) is 9.42. The van der Waals surface area contributed by atoms with Crippen LogP contribution in [0.25, 0.3) is 0 Å². The van der Waals surface area contributed by atoms with Crippen molar-refractivity contribution in [3.63, 3.8) is 0 Å². The number of nitrogens with zero attached hydrogens (tertiary/aromatic N) is 2. The molecule has 110 valence electrons. The fraction of sp³-hybridized carbons (Fsp3) is 0.533. The molecule has 0 amide bonds. The maximum atomic E-state index is 10.5. The smallest absolute Gasteiger partial charge is 0.102 e. The van der Waals surface area contributed by atoms with Crippen LogP contribution >= 0.6 is 11.3 Å². The monoisotopic (exact) mass is 293 g/mol. The van der Waals surface area contributed by atoms with Gasteiger partial charge in [-0.25, -0.2) is 0 Å². The number of aliphatic hydroxyl groups is 1. The van der Waals surface area contributed by atoms with E-state index < -0.39 is 5.60 Å². The molecule has 0 bridgehead atoms. The Bertz CT molecular complexity index is 559. The van der Waals surface area contributed by atoms with Crippen LogP contribution in [0.1, 0.15) is 42.1 Å². The van der Waals surface area contributed by atoms with Gasteiger partial charge in [0.05, 0.1) is 6.20 Å². The molecule has 2 heterocycles. The summed E-state index contributed by atoms with van der Waals surface area (Å²) in [4.78, 5) is 2.71. The van der Waals surface area contributed by atoms with Crippen LogP contribution in [-0.2, 0) is 19.1 Å². The van der Waals surface area contributed by atoms with Crippen molar-refractivity contribution in [2.45, 2.75) is 38.8 Å². The Balaban J connectivity index is 1.97. The molecule has 5 heteroatoms. The first-order valence-electron chi connectivity index (χ1n) is 6.96. The minimum Gasteiger partial charge on any atom is -0.384 e. The summed E-state index contributed by atoms with van der Waals surface area (Å²) in [5.41, 5.74) is -0.0759. The highest BCUT2D eigenvalue weighted by molar-refractivity contribution is 7.12. The van der Waals surface area contributed by atoms with Crippen molar-refractivity contribution in [2.75, 3.05) is 6.54 Å². The second-order valence-electron chi connectivity index (χ2n) is 5.44. The number of thiophene rings is 1. The number of aryl methyl sites for hydroxylation is 2. The first kappa shape index (κ1) is 15.2. The second kappa shape index (κ2) is 6.08. The highest BCUT2D eigenvalue weighted by Gasteiger charge is 2.25. The number of hydrogen-bond acceptors (Lipinski definition) is 4. The zero-order valence-electron chi connectivity index (χ0n) is 12.6. The van der Waals surface area contributed by atoms with Crippen molar-refractivity contribution in [2.24, 2.45) is 7.05 Å². The minimum absolute atomic E-state index is 0.239. The summed E-state index contributed by atoms with van der Waals surface area (Å²) in [5, 5.41) is 18.1. The summed E-state index contributed by atoms with van der Waals surface area (Å²) < 4.78 is 1.71. The number of rotatable bonds is 6. The summed E-state index contributed by atoms with van der Waals surface area (Å²) >= 11 is 1.83. The fourth-order valence-corrected chi connectivity index (χ4v) is 3.05. The number of hydrogen-bond donors (Lipinski definition) is 2. The van der Waals surface area contributed by atoms with Crippen LogP contribution in [0.5, 0.6) is 0 Å². The summed E-state index contributed by atoms with van der Waals surface area (Å²) in [6, 6.07) is 4.58. The van der Waals surface area contributed by atoms with E-state index >= 15 is 0 Å². The molecule has 0 aliphatic heterocycles. The van der Waals surface area contributed by atoms with Crippen LogP contribution in [0.3, 0.4) is 0 Å². The number of nitrogens with one attached hydrogen (secondary N) is 1. The topological polar surface area (TPSA) is 50.1 Å². The summed E-state index contributed by atoms with van der Waals surface area (Å²) in [5.74, 6) is 0. The summed E-state index contributed by atoms with van der Waals surface area (Å²) in [6.07, 6.45) is 4.64. The van der Waals surface area contributed by atoms with E-state index in [-0.39, 0.29) is 6.04 Å². The van der Waals surface area contributed by atoms with Crippen LogP contribution in [0.4, 0.5) is 0 Å². The quantitative estimate of drug-likeness (QED) is 0.861. The van der Waals surface area contributed by atoms with Gasteiger partial charge in [-0.1, -0.05) is 6.92 Å². The molecule has 0 aliphatic rings. The molecule has 0 spiro atoms. The van der Waals surface area contributed by atoms with E-state index in [2.05, 4.69) is 36.4 Å². The fourth-order valence-electron chi connectivity index (χ4n) is 2.07. The normalized spacial score (nSPS) is 16.1. The SMILES string of the molecule is CCc1ccc(C(C)NCC(C)(O)c2cnn(C)c2)s1. The van der Waals surface area contributed by atoms with E-state index in [1.165, 1.54) is 9.75 Å². The predicted octanol–water partition coefficient (Wildman–Crippen LogP) is 2.60. The molecular formula is C15H23N3OS. The van der Waals surface area contributed by atoms with Crippen LogP contribution in [0, 0.1) is 0 Å². The van der Waals surface area contributed by atoms with Crippen molar-refractivity contribution >= 4 is 11.3 Å². The van der Waals surface area contributed by atoms with E-state index in [1.54, 1.807) is 10.9 Å². The lowest BCUT2D eigenvalue weighted by Gasteiger charge is -2.24. The molecule has 2 rings (SSSR count). The molecule has 0 aromatic carbocycles. The van der Waals surface area contributed by atoms with Crippen LogP contribution in [-0.4, -0.2) is 21.4 Å². The minimum atomic E-state index is -0.909. The molecular weight excluding hydrogens is 270 g/mol. The molecule has 2 atom stereocenters. The Morgan fingerprint density at radius 2 is 2.25 bits per heavy atom. The maximum Gasteiger partial charge on any atom is 0.102 e. The first-order valence-corrected chi connectivity index (χ1v) is 7.77. The molecule has 0 saturated carbocycles. The third-order valence-corrected chi connectivity index (χ3v) is 4.95. The van der Waals surface area contributed by atoms with Gasteiger partial charge in [0.1, 0.15) is 5.60 Å². The van der Waals surface area contributed by atoms with E-state index in [9.17, 15) is 5.11 Å². The molecule has 4 nitrogen and oxygen atoms in total. The average Bonchev–Trinajstić information content (AvgIpc) is 3.04. The average molecular weight is 293 g/mol. The molecule has 0 radical (unpaired) electrons. The van der Waals surface area contributed by atoms with E-state index in [1.807, 2.05) is 31.5 Å². The predicted molar refractivity (Wildman–Crippen MR) is 82.9 cm³/mol. The zero-order chi connectivity index (χ0) is 14.8. The van der Waals surface area contributed by atoms with Crippen molar-refractivity contribution in [1.29, 1.82) is 0 Å². The molecule has 20 heavy (non-hydrogen) atoms. The molecule has 0 saturated heterocycles. The second-order valence-corrected chi connectivity index (χ2v) is 6.64. The van der Waals surface area contributed by atoms with Crippen LogP contribution < -0.4 is 5.32 Å². The van der Waals surface area contributed by atoms with Gasteiger partial charge < -0.3 is 10.4 Å². The van der Waals surface area contributed by atoms with Crippen molar-refractivity contribution in [3.8, 4) is 0 Å². The highest BCUT2D eigenvalue weighted by atomic mass is 32.1. The van der Waals surface area contributed by atoms with Gasteiger partial charge in [0.15, 0.2) is 0 Å². The molecule has 0 aliphatic carbocycles. The van der Waals surface area contributed by atoms with Gasteiger partial charge >= 0.3 is 0 Å². The molecule has 2 N–H and O–H groups in total. The standard InChI is InChI=1S/C15H23N3OS/c1-5-13-6-7-14(20-13)11(2)16-10-15(3,19)12-8-17-18(4)9-12/h6-9,11,16,19H,5,10H2,1-4H3. The van der Waals surface area contributed by atoms with Gasteiger partial charge in [0, 0.05) is 41.1 Å². The van der Waals surface area contributed by atoms with E-state index in [0.717, 1.165) is 12.0 Å². The number of aromatic nitrogens is 2. The third kappa shape index (κ3) is 3.48. The Morgan fingerprint density at radius 1 is 1.50 bits per heavy atom. The van der Waals surface area contributed by atoms with Gasteiger partial charge in [-0.2, -0.15) is 5.10 Å². The largest absolute Gasteiger partial charge is 0.384 e. The lowest BCUT2D eigenvalue weighted by atomic mass is 9.99. The van der Waals surface area contributed by atoms with E-state index in [4.69, 9.17) is 0 Å². The third-order valence-electron chi connectivity index (χ3n) is 3.54. The molecule has 2 unspecified atom stereocenters. The highest BCUT2D eigenvalue weighted by Crippen LogP contribution is 2.25. The maximum absolute atomic E-state index is 10.5. The molecule has 2 aromatic rings. The zero-order valence-corrected chi connectivity index (χ0v) is 13.4. The van der Waals surface area contributed by atoms with Gasteiger partial charge in [-0.3, -0.25) is 4.68 Å². The summed E-state index contributed by atoms with van der Waals surface area (Å²) in [6.45, 7) is 6.61. The van der Waals surface area contributed by atoms with Crippen molar-refractivity contribution in [1.82, 2.24) is 15.1 Å². The Labute approximate surface area is 124 Å². The Kier molecular flexibility index (Phi) is 4.62. The molecule has 2 aromatic heterocycles. The van der Waals surface area contributed by atoms with Crippen LogP contribution in [0.15, 0.2) is 24.5 Å². The van der Waals surface area contributed by atoms with Gasteiger partial charge in [0.25, 0.3) is 0 Å². The van der Waals surface area contributed by atoms with Crippen molar-refractivity contribution in [3.05, 3.63) is 39.8 Å². The lowest BCUT2D eigenvalue weighted by Crippen LogP contribution is -2.36. The van der Waals surface area contributed by atoms with Gasteiger partial charge in [-0.15, -0.1) is 11.3 Å². The van der Waals surface area contributed by atoms with Gasteiger partial charge in [0.2, 0.25) is 0 Å². The van der Waals surface area contributed by atoms with E-state index in [0.29, 0.717) is 6.54 Å². The van der Waals surface area contributed by atoms with Crippen molar-refractivity contribution < 1.29 is 5.11 Å². The molecule has 0 fully saturated rings. The Hall–Kier alpha value is -1.17. The summed E-state index contributed by atoms with van der Waals surface area (Å²) in [7, 11) is 1.85. The van der Waals surface area contributed by atoms with Gasteiger partial charge in [-0.05, 0) is 32.4 Å². The lowest BCUT2D eigenvalue weighted by molar-refractivity contribution is 0.0544. The Morgan fingerprint density at radius 3 is 2.80 bits per heavy atom.